The molecule has 0 radical (unpaired) electrons. The fourth-order valence-electron chi connectivity index (χ4n) is 3.71. The van der Waals surface area contributed by atoms with Crippen molar-refractivity contribution in [2.75, 3.05) is 0 Å². The molecule has 0 fully saturated rings. The molecule has 1 atom stereocenters. The number of benzene rings is 1. The first kappa shape index (κ1) is 15.8. The van der Waals surface area contributed by atoms with E-state index in [0.717, 1.165) is 42.2 Å². The van der Waals surface area contributed by atoms with Crippen LogP contribution in [-0.2, 0) is 42.1 Å². The number of carbonyl (C=O) groups is 2. The highest BCUT2D eigenvalue weighted by Gasteiger charge is 2.33. The van der Waals surface area contributed by atoms with Crippen LogP contribution in [0.3, 0.4) is 0 Å². The SMILES string of the molecule is CC(=O)N1Cc2ccccc2C[C@H]1C(=O)NCc1nnc2n1CCC2. The minimum Gasteiger partial charge on any atom is -0.347 e. The first-order chi connectivity index (χ1) is 12.1. The number of hydrogen-bond acceptors (Lipinski definition) is 4. The first-order valence-electron chi connectivity index (χ1n) is 8.66. The number of aryl methyl sites for hydroxylation is 1. The van der Waals surface area contributed by atoms with Gasteiger partial charge in [0.1, 0.15) is 11.9 Å². The molecule has 4 rings (SSSR count). The normalized spacial score (nSPS) is 18.6. The van der Waals surface area contributed by atoms with Crippen molar-refractivity contribution in [1.82, 2.24) is 25.0 Å². The molecule has 0 unspecified atom stereocenters. The third-order valence-corrected chi connectivity index (χ3v) is 5.06. The summed E-state index contributed by atoms with van der Waals surface area (Å²) >= 11 is 0. The maximum absolute atomic E-state index is 12.8. The summed E-state index contributed by atoms with van der Waals surface area (Å²) in [6, 6.07) is 7.49. The summed E-state index contributed by atoms with van der Waals surface area (Å²) in [5.74, 6) is 1.55. The van der Waals surface area contributed by atoms with Crippen molar-refractivity contribution in [2.45, 2.75) is 51.9 Å². The molecule has 2 aliphatic rings. The highest BCUT2D eigenvalue weighted by molar-refractivity contribution is 5.87. The van der Waals surface area contributed by atoms with E-state index >= 15 is 0 Å². The maximum atomic E-state index is 12.8. The van der Waals surface area contributed by atoms with Crippen LogP contribution in [0.4, 0.5) is 0 Å². The van der Waals surface area contributed by atoms with E-state index in [9.17, 15) is 9.59 Å². The second kappa shape index (κ2) is 6.31. The van der Waals surface area contributed by atoms with E-state index in [-0.39, 0.29) is 11.8 Å². The summed E-state index contributed by atoms with van der Waals surface area (Å²) in [6.45, 7) is 3.24. The molecule has 0 saturated carbocycles. The van der Waals surface area contributed by atoms with E-state index in [1.165, 1.54) is 6.92 Å². The van der Waals surface area contributed by atoms with Crippen LogP contribution in [0, 0.1) is 0 Å². The molecule has 2 aromatic rings. The number of carbonyl (C=O) groups excluding carboxylic acids is 2. The van der Waals surface area contributed by atoms with Crippen molar-refractivity contribution in [2.24, 2.45) is 0 Å². The fraction of sp³-hybridized carbons (Fsp3) is 0.444. The Labute approximate surface area is 146 Å². The van der Waals surface area contributed by atoms with Gasteiger partial charge in [-0.15, -0.1) is 10.2 Å². The third-order valence-electron chi connectivity index (χ3n) is 5.06. The summed E-state index contributed by atoms with van der Waals surface area (Å²) in [4.78, 5) is 26.4. The Hall–Kier alpha value is -2.70. The van der Waals surface area contributed by atoms with Gasteiger partial charge < -0.3 is 14.8 Å². The molecule has 0 spiro atoms. The van der Waals surface area contributed by atoms with Gasteiger partial charge in [-0.1, -0.05) is 24.3 Å². The van der Waals surface area contributed by atoms with Gasteiger partial charge in [-0.3, -0.25) is 9.59 Å². The lowest BCUT2D eigenvalue weighted by Gasteiger charge is -2.35. The van der Waals surface area contributed by atoms with Crippen LogP contribution in [0.15, 0.2) is 24.3 Å². The highest BCUT2D eigenvalue weighted by Crippen LogP contribution is 2.23. The monoisotopic (exact) mass is 339 g/mol. The molecule has 0 saturated heterocycles. The lowest BCUT2D eigenvalue weighted by atomic mass is 9.93. The van der Waals surface area contributed by atoms with Gasteiger partial charge in [0, 0.05) is 32.9 Å². The molecule has 3 heterocycles. The van der Waals surface area contributed by atoms with E-state index in [1.54, 1.807) is 4.90 Å². The van der Waals surface area contributed by atoms with Crippen molar-refractivity contribution in [1.29, 1.82) is 0 Å². The molecule has 0 bridgehead atoms. The predicted molar refractivity (Wildman–Crippen MR) is 90.3 cm³/mol. The van der Waals surface area contributed by atoms with Crippen molar-refractivity contribution < 1.29 is 9.59 Å². The molecule has 1 aromatic carbocycles. The molecule has 1 N–H and O–H groups in total. The maximum Gasteiger partial charge on any atom is 0.243 e. The summed E-state index contributed by atoms with van der Waals surface area (Å²) in [7, 11) is 0. The fourth-order valence-corrected chi connectivity index (χ4v) is 3.71. The molecule has 25 heavy (non-hydrogen) atoms. The smallest absolute Gasteiger partial charge is 0.243 e. The molecule has 130 valence electrons. The zero-order valence-electron chi connectivity index (χ0n) is 14.2. The van der Waals surface area contributed by atoms with Crippen LogP contribution in [0.25, 0.3) is 0 Å². The molecule has 7 heteroatoms. The van der Waals surface area contributed by atoms with Crippen LogP contribution in [0.2, 0.25) is 0 Å². The molecule has 7 nitrogen and oxygen atoms in total. The average molecular weight is 339 g/mol. The number of nitrogens with one attached hydrogen (secondary N) is 1. The summed E-state index contributed by atoms with van der Waals surface area (Å²) < 4.78 is 2.07. The van der Waals surface area contributed by atoms with Crippen molar-refractivity contribution in [3.63, 3.8) is 0 Å². The minimum atomic E-state index is -0.478. The molecule has 1 aromatic heterocycles. The van der Waals surface area contributed by atoms with Gasteiger partial charge >= 0.3 is 0 Å². The van der Waals surface area contributed by atoms with Gasteiger partial charge in [0.25, 0.3) is 0 Å². The van der Waals surface area contributed by atoms with Crippen LogP contribution < -0.4 is 5.32 Å². The molecular formula is C18H21N5O2. The summed E-state index contributed by atoms with van der Waals surface area (Å²) in [6.07, 6.45) is 2.56. The quantitative estimate of drug-likeness (QED) is 0.898. The van der Waals surface area contributed by atoms with Gasteiger partial charge in [-0.05, 0) is 17.5 Å². The highest BCUT2D eigenvalue weighted by atomic mass is 16.2. The van der Waals surface area contributed by atoms with E-state index in [2.05, 4.69) is 20.1 Å². The van der Waals surface area contributed by atoms with Crippen LogP contribution in [-0.4, -0.2) is 37.5 Å². The van der Waals surface area contributed by atoms with Crippen LogP contribution >= 0.6 is 0 Å². The molecule has 2 amide bonds. The summed E-state index contributed by atoms with van der Waals surface area (Å²) in [5, 5.41) is 11.3. The predicted octanol–water partition coefficient (Wildman–Crippen LogP) is 0.814. The number of hydrogen-bond donors (Lipinski definition) is 1. The van der Waals surface area contributed by atoms with Crippen molar-refractivity contribution >= 4 is 11.8 Å². The number of aromatic nitrogens is 3. The Morgan fingerprint density at radius 2 is 2.04 bits per heavy atom. The molecular weight excluding hydrogens is 318 g/mol. The van der Waals surface area contributed by atoms with E-state index in [4.69, 9.17) is 0 Å². The van der Waals surface area contributed by atoms with Crippen molar-refractivity contribution in [3.8, 4) is 0 Å². The van der Waals surface area contributed by atoms with E-state index < -0.39 is 6.04 Å². The number of amides is 2. The van der Waals surface area contributed by atoms with Gasteiger partial charge in [0.15, 0.2) is 5.82 Å². The molecule has 0 aliphatic carbocycles. The standard InChI is InChI=1S/C18H21N5O2/c1-12(24)23-11-14-6-3-2-5-13(14)9-15(23)18(25)19-10-17-21-20-16-7-4-8-22(16)17/h2-3,5-6,15H,4,7-11H2,1H3,(H,19,25)/t15-/m0/s1. The number of nitrogens with zero attached hydrogens (tertiary/aromatic N) is 4. The summed E-state index contributed by atoms with van der Waals surface area (Å²) in [5.41, 5.74) is 2.24. The number of fused-ring (bicyclic) bond motifs is 2. The largest absolute Gasteiger partial charge is 0.347 e. The average Bonchev–Trinajstić information content (AvgIpc) is 3.22. The van der Waals surface area contributed by atoms with Gasteiger partial charge in [0.05, 0.1) is 6.54 Å². The Morgan fingerprint density at radius 1 is 1.24 bits per heavy atom. The van der Waals surface area contributed by atoms with Crippen LogP contribution in [0.5, 0.6) is 0 Å². The first-order valence-corrected chi connectivity index (χ1v) is 8.66. The van der Waals surface area contributed by atoms with Gasteiger partial charge in [-0.25, -0.2) is 0 Å². The van der Waals surface area contributed by atoms with Gasteiger partial charge in [0.2, 0.25) is 11.8 Å². The topological polar surface area (TPSA) is 80.1 Å². The van der Waals surface area contributed by atoms with Crippen LogP contribution in [0.1, 0.15) is 36.1 Å². The van der Waals surface area contributed by atoms with Gasteiger partial charge in [-0.2, -0.15) is 0 Å². The Morgan fingerprint density at radius 3 is 2.84 bits per heavy atom. The number of rotatable bonds is 3. The Balaban J connectivity index is 1.49. The third kappa shape index (κ3) is 2.90. The zero-order valence-corrected chi connectivity index (χ0v) is 14.2. The lowest BCUT2D eigenvalue weighted by molar-refractivity contribution is -0.140. The second-order valence-electron chi connectivity index (χ2n) is 6.64. The molecule has 2 aliphatic heterocycles. The van der Waals surface area contributed by atoms with E-state index in [1.807, 2.05) is 24.3 Å². The Bertz CT molecular complexity index is 829. The minimum absolute atomic E-state index is 0.0852. The second-order valence-corrected chi connectivity index (χ2v) is 6.64. The lowest BCUT2D eigenvalue weighted by Crippen LogP contribution is -2.51. The van der Waals surface area contributed by atoms with E-state index in [0.29, 0.717) is 19.5 Å². The zero-order chi connectivity index (χ0) is 17.4. The Kier molecular flexibility index (Phi) is 3.99. The van der Waals surface area contributed by atoms with Crippen molar-refractivity contribution in [3.05, 3.63) is 47.0 Å².